The molecule has 2 fully saturated rings. The highest BCUT2D eigenvalue weighted by Crippen LogP contribution is 2.48. The van der Waals surface area contributed by atoms with Crippen molar-refractivity contribution in [3.8, 4) is 5.75 Å². The van der Waals surface area contributed by atoms with Gasteiger partial charge in [-0.1, -0.05) is 62.6 Å². The van der Waals surface area contributed by atoms with Gasteiger partial charge in [-0.05, 0) is 66.3 Å². The standard InChI is InChI=1S/C26H31NO2/c1-25-14-15-27(21(18-25)16-19-10-11-22(28)17-23(19)25)24(29)26(12-6-3-7-13-26)20-8-4-2-5-9-20/h2,4-5,8-11,17,21,28H,3,6-7,12-16,18H2,1H3/t21-,25-/m1/s1. The van der Waals surface area contributed by atoms with Crippen molar-refractivity contribution < 1.29 is 9.90 Å². The van der Waals surface area contributed by atoms with Crippen molar-refractivity contribution in [2.75, 3.05) is 6.54 Å². The Kier molecular flexibility index (Phi) is 4.45. The van der Waals surface area contributed by atoms with Gasteiger partial charge in [0.05, 0.1) is 5.41 Å². The Morgan fingerprint density at radius 3 is 2.55 bits per heavy atom. The smallest absolute Gasteiger partial charge is 0.233 e. The summed E-state index contributed by atoms with van der Waals surface area (Å²) in [6.07, 6.45) is 8.33. The highest BCUT2D eigenvalue weighted by molar-refractivity contribution is 5.89. The van der Waals surface area contributed by atoms with Crippen LogP contribution in [0.4, 0.5) is 0 Å². The molecule has 2 bridgehead atoms. The molecule has 0 radical (unpaired) electrons. The predicted octanol–water partition coefficient (Wildman–Crippen LogP) is 5.10. The Labute approximate surface area is 173 Å². The number of benzene rings is 2. The number of likely N-dealkylation sites (tertiary alicyclic amines) is 1. The van der Waals surface area contributed by atoms with Gasteiger partial charge in [-0.25, -0.2) is 0 Å². The number of carbonyl (C=O) groups is 1. The van der Waals surface area contributed by atoms with Crippen molar-refractivity contribution in [1.82, 2.24) is 4.90 Å². The van der Waals surface area contributed by atoms with Crippen LogP contribution in [0.1, 0.15) is 68.6 Å². The molecule has 2 aromatic rings. The van der Waals surface area contributed by atoms with Crippen LogP contribution in [0, 0.1) is 0 Å². The van der Waals surface area contributed by atoms with E-state index in [1.807, 2.05) is 12.1 Å². The van der Waals surface area contributed by atoms with Crippen molar-refractivity contribution in [2.45, 2.75) is 75.2 Å². The lowest BCUT2D eigenvalue weighted by Gasteiger charge is -2.52. The number of aromatic hydroxyl groups is 1. The Hall–Kier alpha value is -2.29. The van der Waals surface area contributed by atoms with Gasteiger partial charge in [0.25, 0.3) is 0 Å². The lowest BCUT2D eigenvalue weighted by atomic mass is 9.63. The maximum atomic E-state index is 14.1. The lowest BCUT2D eigenvalue weighted by molar-refractivity contribution is -0.144. The monoisotopic (exact) mass is 389 g/mol. The van der Waals surface area contributed by atoms with E-state index in [0.717, 1.165) is 51.5 Å². The summed E-state index contributed by atoms with van der Waals surface area (Å²) in [5.41, 5.74) is 3.51. The van der Waals surface area contributed by atoms with Crippen LogP contribution >= 0.6 is 0 Å². The van der Waals surface area contributed by atoms with Gasteiger partial charge in [-0.15, -0.1) is 0 Å². The first-order valence-electron chi connectivity index (χ1n) is 11.2. The second-order valence-corrected chi connectivity index (χ2v) is 9.72. The van der Waals surface area contributed by atoms with Crippen LogP contribution in [0.3, 0.4) is 0 Å². The molecule has 3 heteroatoms. The summed E-state index contributed by atoms with van der Waals surface area (Å²) in [7, 11) is 0. The van der Waals surface area contributed by atoms with Crippen LogP contribution in [0.15, 0.2) is 48.5 Å². The Morgan fingerprint density at radius 2 is 1.79 bits per heavy atom. The van der Waals surface area contributed by atoms with Crippen LogP contribution in [0.2, 0.25) is 0 Å². The Bertz CT molecular complexity index is 916. The number of nitrogens with zero attached hydrogens (tertiary/aromatic N) is 1. The third-order valence-corrected chi connectivity index (χ3v) is 7.93. The van der Waals surface area contributed by atoms with Crippen molar-refractivity contribution in [1.29, 1.82) is 0 Å². The molecule has 1 saturated carbocycles. The molecule has 152 valence electrons. The number of piperidine rings is 1. The van der Waals surface area contributed by atoms with E-state index in [4.69, 9.17) is 0 Å². The first-order chi connectivity index (χ1) is 14.0. The maximum absolute atomic E-state index is 14.1. The number of rotatable bonds is 2. The summed E-state index contributed by atoms with van der Waals surface area (Å²) in [4.78, 5) is 16.4. The van der Waals surface area contributed by atoms with Crippen molar-refractivity contribution in [3.05, 3.63) is 65.2 Å². The fraction of sp³-hybridized carbons (Fsp3) is 0.500. The minimum Gasteiger partial charge on any atom is -0.508 e. The number of phenolic OH excluding ortho intramolecular Hbond substituents is 1. The van der Waals surface area contributed by atoms with E-state index in [0.29, 0.717) is 11.7 Å². The average Bonchev–Trinajstić information content (AvgIpc) is 2.75. The van der Waals surface area contributed by atoms with E-state index in [9.17, 15) is 9.90 Å². The van der Waals surface area contributed by atoms with Crippen LogP contribution in [-0.4, -0.2) is 28.5 Å². The summed E-state index contributed by atoms with van der Waals surface area (Å²) in [5.74, 6) is 0.713. The molecular weight excluding hydrogens is 358 g/mol. The normalized spacial score (nSPS) is 27.9. The molecule has 0 spiro atoms. The molecule has 5 rings (SSSR count). The van der Waals surface area contributed by atoms with E-state index in [2.05, 4.69) is 42.2 Å². The molecule has 3 aliphatic rings. The molecule has 1 saturated heterocycles. The van der Waals surface area contributed by atoms with Gasteiger partial charge >= 0.3 is 0 Å². The van der Waals surface area contributed by atoms with Gasteiger partial charge < -0.3 is 10.0 Å². The molecular formula is C26H31NO2. The van der Waals surface area contributed by atoms with E-state index < -0.39 is 0 Å². The quantitative estimate of drug-likeness (QED) is 0.776. The molecule has 1 heterocycles. The number of carbonyl (C=O) groups excluding carboxylic acids is 1. The summed E-state index contributed by atoms with van der Waals surface area (Å²) >= 11 is 0. The minimum atomic E-state index is -0.345. The second kappa shape index (κ2) is 6.90. The molecule has 2 atom stereocenters. The summed E-state index contributed by atoms with van der Waals surface area (Å²) in [5, 5.41) is 10.0. The zero-order chi connectivity index (χ0) is 20.1. The average molecular weight is 390 g/mol. The van der Waals surface area contributed by atoms with E-state index in [-0.39, 0.29) is 16.9 Å². The molecule has 3 nitrogen and oxygen atoms in total. The largest absolute Gasteiger partial charge is 0.508 e. The lowest BCUT2D eigenvalue weighted by Crippen LogP contribution is -2.59. The minimum absolute atomic E-state index is 0.0558. The SMILES string of the molecule is C[C@]12CCN(C(=O)C3(c4ccccc4)CCCCC3)[C@H](Cc3ccc(O)cc31)C2. The van der Waals surface area contributed by atoms with E-state index in [1.165, 1.54) is 23.1 Å². The van der Waals surface area contributed by atoms with Gasteiger partial charge in [0, 0.05) is 12.6 Å². The maximum Gasteiger partial charge on any atom is 0.233 e. The molecule has 0 unspecified atom stereocenters. The van der Waals surface area contributed by atoms with E-state index in [1.54, 1.807) is 6.07 Å². The van der Waals surface area contributed by atoms with Gasteiger partial charge in [0.1, 0.15) is 5.75 Å². The highest BCUT2D eigenvalue weighted by Gasteiger charge is 2.50. The van der Waals surface area contributed by atoms with Crippen molar-refractivity contribution in [2.24, 2.45) is 0 Å². The fourth-order valence-corrected chi connectivity index (χ4v) is 6.35. The highest BCUT2D eigenvalue weighted by atomic mass is 16.3. The van der Waals surface area contributed by atoms with Gasteiger partial charge in [0.2, 0.25) is 5.91 Å². The molecule has 1 N–H and O–H groups in total. The molecule has 29 heavy (non-hydrogen) atoms. The van der Waals surface area contributed by atoms with E-state index >= 15 is 0 Å². The van der Waals surface area contributed by atoms with Crippen molar-refractivity contribution in [3.63, 3.8) is 0 Å². The van der Waals surface area contributed by atoms with Crippen LogP contribution < -0.4 is 0 Å². The van der Waals surface area contributed by atoms with Crippen LogP contribution in [0.5, 0.6) is 5.75 Å². The molecule has 2 aromatic carbocycles. The fourth-order valence-electron chi connectivity index (χ4n) is 6.35. The molecule has 1 amide bonds. The summed E-state index contributed by atoms with van der Waals surface area (Å²) in [6.45, 7) is 3.14. The molecule has 1 aliphatic heterocycles. The predicted molar refractivity (Wildman–Crippen MR) is 115 cm³/mol. The second-order valence-electron chi connectivity index (χ2n) is 9.72. The summed E-state index contributed by atoms with van der Waals surface area (Å²) < 4.78 is 0. The number of fused-ring (bicyclic) bond motifs is 4. The topological polar surface area (TPSA) is 40.5 Å². The van der Waals surface area contributed by atoms with Crippen molar-refractivity contribution >= 4 is 5.91 Å². The van der Waals surface area contributed by atoms with Crippen LogP contribution in [-0.2, 0) is 22.0 Å². The Morgan fingerprint density at radius 1 is 1.03 bits per heavy atom. The molecule has 2 aliphatic carbocycles. The number of hydrogen-bond donors (Lipinski definition) is 1. The number of hydrogen-bond acceptors (Lipinski definition) is 2. The third-order valence-electron chi connectivity index (χ3n) is 7.93. The Balaban J connectivity index is 1.50. The van der Waals surface area contributed by atoms with Gasteiger partial charge in [-0.2, -0.15) is 0 Å². The zero-order valence-electron chi connectivity index (χ0n) is 17.4. The first kappa shape index (κ1) is 18.7. The summed E-state index contributed by atoms with van der Waals surface area (Å²) in [6, 6.07) is 16.6. The molecule has 0 aromatic heterocycles. The van der Waals surface area contributed by atoms with Crippen LogP contribution in [0.25, 0.3) is 0 Å². The third kappa shape index (κ3) is 2.97. The first-order valence-corrected chi connectivity index (χ1v) is 11.2. The van der Waals surface area contributed by atoms with Gasteiger partial charge in [0.15, 0.2) is 0 Å². The zero-order valence-corrected chi connectivity index (χ0v) is 17.4. The number of phenols is 1. The van der Waals surface area contributed by atoms with Gasteiger partial charge in [-0.3, -0.25) is 4.79 Å². The number of amides is 1.